The van der Waals surface area contributed by atoms with Gasteiger partial charge in [0.1, 0.15) is 0 Å². The normalized spacial score (nSPS) is 11.1. The van der Waals surface area contributed by atoms with Crippen LogP contribution in [0.4, 0.5) is 5.69 Å². The Balaban J connectivity index is 2.67. The fourth-order valence-electron chi connectivity index (χ4n) is 1.54. The van der Waals surface area contributed by atoms with Crippen LogP contribution < -0.4 is 10.6 Å². The van der Waals surface area contributed by atoms with Gasteiger partial charge in [-0.05, 0) is 39.0 Å². The predicted octanol–water partition coefficient (Wildman–Crippen LogP) is 1.71. The van der Waals surface area contributed by atoms with E-state index in [1.807, 2.05) is 20.8 Å². The van der Waals surface area contributed by atoms with Crippen molar-refractivity contribution in [2.75, 3.05) is 26.0 Å². The van der Waals surface area contributed by atoms with Gasteiger partial charge in [0.15, 0.2) is 0 Å². The summed E-state index contributed by atoms with van der Waals surface area (Å²) >= 11 is 0. The Morgan fingerprint density at radius 3 is 2.40 bits per heavy atom. The minimum atomic E-state index is -0.130. The first kappa shape index (κ1) is 16.2. The minimum Gasteiger partial charge on any atom is -0.345 e. The van der Waals surface area contributed by atoms with Gasteiger partial charge in [-0.3, -0.25) is 9.59 Å². The zero-order valence-corrected chi connectivity index (χ0v) is 12.8. The molecule has 1 aromatic rings. The van der Waals surface area contributed by atoms with E-state index in [1.54, 1.807) is 38.4 Å². The summed E-state index contributed by atoms with van der Waals surface area (Å²) in [5, 5.41) is 5.89. The molecular formula is C15H23N3O2. The van der Waals surface area contributed by atoms with Crippen LogP contribution in [-0.4, -0.2) is 42.9 Å². The van der Waals surface area contributed by atoms with Gasteiger partial charge in [0.25, 0.3) is 5.91 Å². The molecule has 5 nitrogen and oxygen atoms in total. The molecule has 2 N–H and O–H groups in total. The van der Waals surface area contributed by atoms with Crippen molar-refractivity contribution in [2.45, 2.75) is 26.3 Å². The minimum absolute atomic E-state index is 0.0890. The van der Waals surface area contributed by atoms with E-state index in [0.29, 0.717) is 11.3 Å². The van der Waals surface area contributed by atoms with Crippen molar-refractivity contribution in [1.82, 2.24) is 10.2 Å². The van der Waals surface area contributed by atoms with Crippen LogP contribution in [0.5, 0.6) is 0 Å². The molecule has 2 amide bonds. The monoisotopic (exact) mass is 277 g/mol. The topological polar surface area (TPSA) is 61.4 Å². The lowest BCUT2D eigenvalue weighted by Crippen LogP contribution is -2.41. The van der Waals surface area contributed by atoms with Gasteiger partial charge in [-0.25, -0.2) is 0 Å². The van der Waals surface area contributed by atoms with Gasteiger partial charge in [0.2, 0.25) is 5.91 Å². The highest BCUT2D eigenvalue weighted by Gasteiger charge is 2.12. The number of carbonyl (C=O) groups excluding carboxylic acids is 2. The first-order valence-electron chi connectivity index (χ1n) is 6.55. The van der Waals surface area contributed by atoms with Crippen LogP contribution in [0.25, 0.3) is 0 Å². The highest BCUT2D eigenvalue weighted by molar-refractivity contribution is 5.97. The van der Waals surface area contributed by atoms with Crippen LogP contribution in [0.15, 0.2) is 24.3 Å². The summed E-state index contributed by atoms with van der Waals surface area (Å²) in [5.74, 6) is -0.219. The first-order chi connectivity index (χ1) is 9.19. The summed E-state index contributed by atoms with van der Waals surface area (Å²) in [5.41, 5.74) is 1.06. The largest absolute Gasteiger partial charge is 0.345 e. The fourth-order valence-corrected chi connectivity index (χ4v) is 1.54. The maximum absolute atomic E-state index is 11.8. The van der Waals surface area contributed by atoms with Crippen molar-refractivity contribution < 1.29 is 9.59 Å². The van der Waals surface area contributed by atoms with E-state index >= 15 is 0 Å². The van der Waals surface area contributed by atoms with Gasteiger partial charge in [0, 0.05) is 30.9 Å². The molecule has 0 bridgehead atoms. The van der Waals surface area contributed by atoms with E-state index < -0.39 is 0 Å². The van der Waals surface area contributed by atoms with Gasteiger partial charge in [0.05, 0.1) is 6.54 Å². The molecule has 5 heteroatoms. The third-order valence-electron chi connectivity index (χ3n) is 2.58. The highest BCUT2D eigenvalue weighted by atomic mass is 16.2. The smallest absolute Gasteiger partial charge is 0.253 e. The molecule has 0 aliphatic carbocycles. The summed E-state index contributed by atoms with van der Waals surface area (Å²) < 4.78 is 0. The van der Waals surface area contributed by atoms with Crippen LogP contribution >= 0.6 is 0 Å². The second-order valence-corrected chi connectivity index (χ2v) is 5.93. The summed E-state index contributed by atoms with van der Waals surface area (Å²) in [7, 11) is 3.39. The molecule has 1 aromatic carbocycles. The number of hydrogen-bond acceptors (Lipinski definition) is 3. The Hall–Kier alpha value is -1.88. The molecule has 0 heterocycles. The Kier molecular flexibility index (Phi) is 5.27. The third-order valence-corrected chi connectivity index (χ3v) is 2.58. The van der Waals surface area contributed by atoms with Crippen LogP contribution in [0.1, 0.15) is 31.1 Å². The molecule has 0 fully saturated rings. The van der Waals surface area contributed by atoms with E-state index in [0.717, 1.165) is 0 Å². The summed E-state index contributed by atoms with van der Waals surface area (Å²) in [6.45, 7) is 6.22. The average molecular weight is 277 g/mol. The molecule has 0 radical (unpaired) electrons. The second kappa shape index (κ2) is 6.52. The molecule has 110 valence electrons. The van der Waals surface area contributed by atoms with Crippen molar-refractivity contribution in [2.24, 2.45) is 0 Å². The summed E-state index contributed by atoms with van der Waals surface area (Å²) in [6, 6.07) is 6.92. The van der Waals surface area contributed by atoms with E-state index in [2.05, 4.69) is 10.6 Å². The average Bonchev–Trinajstić information content (AvgIpc) is 2.35. The Bertz CT molecular complexity index is 490. The molecule has 0 saturated heterocycles. The summed E-state index contributed by atoms with van der Waals surface area (Å²) in [4.78, 5) is 25.1. The Morgan fingerprint density at radius 1 is 1.20 bits per heavy atom. The molecule has 0 aromatic heterocycles. The molecule has 0 aliphatic rings. The van der Waals surface area contributed by atoms with E-state index in [9.17, 15) is 9.59 Å². The number of nitrogens with one attached hydrogen (secondary N) is 2. The number of amides is 2. The number of anilines is 1. The zero-order valence-electron chi connectivity index (χ0n) is 12.8. The van der Waals surface area contributed by atoms with E-state index in [4.69, 9.17) is 0 Å². The molecule has 1 rings (SSSR count). The fraction of sp³-hybridized carbons (Fsp3) is 0.467. The standard InChI is InChI=1S/C15H23N3O2/c1-15(2,3)16-10-13(19)17-12-8-6-7-11(9-12)14(20)18(4)5/h6-9,16H,10H2,1-5H3,(H,17,19). The molecule has 0 saturated carbocycles. The van der Waals surface area contributed by atoms with Crippen molar-refractivity contribution in [1.29, 1.82) is 0 Å². The van der Waals surface area contributed by atoms with Crippen molar-refractivity contribution >= 4 is 17.5 Å². The van der Waals surface area contributed by atoms with Gasteiger partial charge >= 0.3 is 0 Å². The SMILES string of the molecule is CN(C)C(=O)c1cccc(NC(=O)CNC(C)(C)C)c1. The molecular weight excluding hydrogens is 254 g/mol. The molecule has 0 unspecified atom stereocenters. The summed E-state index contributed by atoms with van der Waals surface area (Å²) in [6.07, 6.45) is 0. The number of rotatable bonds is 4. The lowest BCUT2D eigenvalue weighted by atomic mass is 10.1. The third kappa shape index (κ3) is 5.40. The molecule has 0 aliphatic heterocycles. The maximum atomic E-state index is 11.8. The predicted molar refractivity (Wildman–Crippen MR) is 80.8 cm³/mol. The number of carbonyl (C=O) groups is 2. The highest BCUT2D eigenvalue weighted by Crippen LogP contribution is 2.12. The quantitative estimate of drug-likeness (QED) is 0.881. The van der Waals surface area contributed by atoms with Crippen LogP contribution in [0.2, 0.25) is 0 Å². The van der Waals surface area contributed by atoms with Crippen LogP contribution in [0, 0.1) is 0 Å². The van der Waals surface area contributed by atoms with Crippen molar-refractivity contribution in [3.05, 3.63) is 29.8 Å². The Labute approximate surface area is 120 Å². The Morgan fingerprint density at radius 2 is 1.85 bits per heavy atom. The van der Waals surface area contributed by atoms with E-state index in [1.165, 1.54) is 4.90 Å². The van der Waals surface area contributed by atoms with Gasteiger partial charge in [-0.15, -0.1) is 0 Å². The number of nitrogens with zero attached hydrogens (tertiary/aromatic N) is 1. The molecule has 0 spiro atoms. The van der Waals surface area contributed by atoms with Crippen molar-refractivity contribution in [3.8, 4) is 0 Å². The number of benzene rings is 1. The van der Waals surface area contributed by atoms with Gasteiger partial charge in [-0.2, -0.15) is 0 Å². The lowest BCUT2D eigenvalue weighted by Gasteiger charge is -2.20. The van der Waals surface area contributed by atoms with Gasteiger partial charge < -0.3 is 15.5 Å². The number of hydrogen-bond donors (Lipinski definition) is 2. The first-order valence-corrected chi connectivity index (χ1v) is 6.55. The maximum Gasteiger partial charge on any atom is 0.253 e. The molecule has 0 atom stereocenters. The molecule has 20 heavy (non-hydrogen) atoms. The van der Waals surface area contributed by atoms with Gasteiger partial charge in [-0.1, -0.05) is 6.07 Å². The van der Waals surface area contributed by atoms with E-state index in [-0.39, 0.29) is 23.9 Å². The lowest BCUT2D eigenvalue weighted by molar-refractivity contribution is -0.115. The van der Waals surface area contributed by atoms with Crippen LogP contribution in [0.3, 0.4) is 0 Å². The zero-order chi connectivity index (χ0) is 15.3. The van der Waals surface area contributed by atoms with Crippen molar-refractivity contribution in [3.63, 3.8) is 0 Å². The second-order valence-electron chi connectivity index (χ2n) is 5.93. The van der Waals surface area contributed by atoms with Crippen LogP contribution in [-0.2, 0) is 4.79 Å².